The minimum atomic E-state index is 0.662. The van der Waals surface area contributed by atoms with Gasteiger partial charge in [0.25, 0.3) is 0 Å². The molecular weight excluding hydrogens is 394 g/mol. The van der Waals surface area contributed by atoms with Gasteiger partial charge in [0, 0.05) is 28.4 Å². The molecule has 0 aliphatic heterocycles. The van der Waals surface area contributed by atoms with Gasteiger partial charge in [-0.1, -0.05) is 107 Å². The molecule has 30 heavy (non-hydrogen) atoms. The highest BCUT2D eigenvalue weighted by molar-refractivity contribution is 6.73. The molecule has 0 fully saturated rings. The number of hydrogen-bond donors (Lipinski definition) is 0. The number of nitrogens with zero attached hydrogens (tertiary/aromatic N) is 1. The Hall–Kier alpha value is -2.89. The molecule has 144 valence electrons. The summed E-state index contributed by atoms with van der Waals surface area (Å²) in [5, 5.41) is 6.32. The van der Waals surface area contributed by atoms with Crippen LogP contribution in [0.1, 0.15) is 6.42 Å². The lowest BCUT2D eigenvalue weighted by molar-refractivity contribution is 0.704. The van der Waals surface area contributed by atoms with Crippen molar-refractivity contribution < 1.29 is 0 Å². The molecule has 0 aliphatic rings. The molecule has 1 nitrogen and oxygen atoms in total. The molecule has 5 aromatic rings. The molecule has 0 saturated heterocycles. The van der Waals surface area contributed by atoms with Crippen molar-refractivity contribution in [1.82, 2.24) is 4.57 Å². The van der Waals surface area contributed by atoms with Gasteiger partial charge < -0.3 is 4.57 Å². The minimum Gasteiger partial charge on any atom is -0.340 e. The molecule has 1 aromatic heterocycles. The fourth-order valence-corrected chi connectivity index (χ4v) is 7.56. The molecule has 0 saturated carbocycles. The van der Waals surface area contributed by atoms with E-state index in [2.05, 4.69) is 114 Å². The zero-order chi connectivity index (χ0) is 20.2. The van der Waals surface area contributed by atoms with Crippen molar-refractivity contribution >= 4 is 51.2 Å². The number of hydrogen-bond acceptors (Lipinski definition) is 0. The standard InChI is InChI=1S/C27H23NSi2/c1-3-11-21(12-4-1)29-27(30-22-13-5-2-6-14-22)19-20-28-25-17-9-7-15-23(25)24-16-8-10-18-26(24)28/h1-18,27H,19-20H2. The van der Waals surface area contributed by atoms with Crippen molar-refractivity contribution in [2.24, 2.45) is 0 Å². The number of aryl methyl sites for hydroxylation is 1. The lowest BCUT2D eigenvalue weighted by Gasteiger charge is -2.17. The van der Waals surface area contributed by atoms with Crippen LogP contribution in [-0.4, -0.2) is 23.6 Å². The van der Waals surface area contributed by atoms with Crippen LogP contribution in [-0.2, 0) is 6.54 Å². The van der Waals surface area contributed by atoms with E-state index in [9.17, 15) is 0 Å². The van der Waals surface area contributed by atoms with Gasteiger partial charge in [0.15, 0.2) is 0 Å². The zero-order valence-corrected chi connectivity index (χ0v) is 18.8. The van der Waals surface area contributed by atoms with Crippen molar-refractivity contribution in [3.63, 3.8) is 0 Å². The van der Waals surface area contributed by atoms with Gasteiger partial charge in [-0.05, 0) is 23.7 Å². The van der Waals surface area contributed by atoms with Crippen molar-refractivity contribution in [3.8, 4) is 0 Å². The predicted octanol–water partition coefficient (Wildman–Crippen LogP) is 4.99. The molecule has 0 N–H and O–H groups in total. The van der Waals surface area contributed by atoms with Crippen LogP contribution in [0.2, 0.25) is 5.16 Å². The first-order valence-electron chi connectivity index (χ1n) is 10.5. The van der Waals surface area contributed by atoms with Crippen LogP contribution < -0.4 is 10.4 Å². The first kappa shape index (κ1) is 19.1. The monoisotopic (exact) mass is 417 g/mol. The minimum absolute atomic E-state index is 0.662. The first-order chi connectivity index (χ1) is 14.9. The van der Waals surface area contributed by atoms with E-state index >= 15 is 0 Å². The highest BCUT2D eigenvalue weighted by Gasteiger charge is 2.16. The molecule has 0 amide bonds. The topological polar surface area (TPSA) is 4.93 Å². The predicted molar refractivity (Wildman–Crippen MR) is 131 cm³/mol. The fraction of sp³-hybridized carbons (Fsp3) is 0.111. The highest BCUT2D eigenvalue weighted by atomic mass is 28.3. The molecular formula is C27H23NSi2. The van der Waals surface area contributed by atoms with Crippen LogP contribution in [0, 0.1) is 0 Å². The SMILES string of the molecule is c1ccc([Si]C(CCn2c3ccccc3c3ccccc32)[Si]c2ccccc2)cc1. The summed E-state index contributed by atoms with van der Waals surface area (Å²) in [4.78, 5) is 0. The summed E-state index contributed by atoms with van der Waals surface area (Å²) < 4.78 is 2.53. The van der Waals surface area contributed by atoms with Crippen molar-refractivity contribution in [2.75, 3.05) is 0 Å². The van der Waals surface area contributed by atoms with Crippen molar-refractivity contribution in [3.05, 3.63) is 109 Å². The number of aromatic nitrogens is 1. The summed E-state index contributed by atoms with van der Waals surface area (Å²) in [6, 6.07) is 39.7. The number of para-hydroxylation sites is 2. The average Bonchev–Trinajstić information content (AvgIpc) is 3.13. The third kappa shape index (κ3) is 4.04. The molecule has 3 heteroatoms. The second-order valence-corrected chi connectivity index (χ2v) is 11.3. The third-order valence-corrected chi connectivity index (χ3v) is 9.02. The maximum absolute atomic E-state index is 2.53. The van der Waals surface area contributed by atoms with Crippen molar-refractivity contribution in [2.45, 2.75) is 18.1 Å². The number of rotatable bonds is 7. The van der Waals surface area contributed by atoms with E-state index in [4.69, 9.17) is 0 Å². The zero-order valence-electron chi connectivity index (χ0n) is 16.8. The van der Waals surface area contributed by atoms with Gasteiger partial charge in [0.2, 0.25) is 0 Å². The van der Waals surface area contributed by atoms with Gasteiger partial charge in [0.1, 0.15) is 0 Å². The highest BCUT2D eigenvalue weighted by Crippen LogP contribution is 2.29. The van der Waals surface area contributed by atoms with Crippen LogP contribution >= 0.6 is 0 Å². The van der Waals surface area contributed by atoms with E-state index in [0.717, 1.165) is 25.6 Å². The maximum Gasteiger partial charge on any atom is 0.0812 e. The van der Waals surface area contributed by atoms with Crippen LogP contribution in [0.25, 0.3) is 21.8 Å². The van der Waals surface area contributed by atoms with Gasteiger partial charge in [-0.15, -0.1) is 0 Å². The largest absolute Gasteiger partial charge is 0.340 e. The maximum atomic E-state index is 2.53. The smallest absolute Gasteiger partial charge is 0.0812 e. The molecule has 0 bridgehead atoms. The second kappa shape index (κ2) is 8.86. The Kier molecular flexibility index (Phi) is 5.64. The summed E-state index contributed by atoms with van der Waals surface area (Å²) in [6.07, 6.45) is 1.18. The van der Waals surface area contributed by atoms with Crippen LogP contribution in [0.5, 0.6) is 0 Å². The summed E-state index contributed by atoms with van der Waals surface area (Å²) in [5.74, 6) is 0. The van der Waals surface area contributed by atoms with E-state index in [1.165, 1.54) is 38.6 Å². The van der Waals surface area contributed by atoms with Crippen LogP contribution in [0.4, 0.5) is 0 Å². The Morgan fingerprint density at radius 2 is 0.967 bits per heavy atom. The van der Waals surface area contributed by atoms with E-state index in [1.807, 2.05) is 0 Å². The molecule has 0 aliphatic carbocycles. The quantitative estimate of drug-likeness (QED) is 0.329. The molecule has 0 unspecified atom stereocenters. The molecule has 5 rings (SSSR count). The normalized spacial score (nSPS) is 11.5. The van der Waals surface area contributed by atoms with E-state index in [0.29, 0.717) is 5.16 Å². The molecule has 4 aromatic carbocycles. The number of benzene rings is 4. The molecule has 1 heterocycles. The Morgan fingerprint density at radius 3 is 1.47 bits per heavy atom. The Labute approximate surface area is 183 Å². The number of fused-ring (bicyclic) bond motifs is 3. The summed E-state index contributed by atoms with van der Waals surface area (Å²) in [5.41, 5.74) is 2.70. The Bertz CT molecular complexity index is 1150. The van der Waals surface area contributed by atoms with Gasteiger partial charge >= 0.3 is 0 Å². The van der Waals surface area contributed by atoms with E-state index in [-0.39, 0.29) is 0 Å². The summed E-state index contributed by atoms with van der Waals surface area (Å²) in [6.45, 7) is 1.05. The first-order valence-corrected chi connectivity index (χ1v) is 12.6. The summed E-state index contributed by atoms with van der Waals surface area (Å²) >= 11 is 0. The van der Waals surface area contributed by atoms with E-state index in [1.54, 1.807) is 0 Å². The van der Waals surface area contributed by atoms with Gasteiger partial charge in [0.05, 0.1) is 19.0 Å². The lowest BCUT2D eigenvalue weighted by Crippen LogP contribution is -2.30. The van der Waals surface area contributed by atoms with Gasteiger partial charge in [-0.2, -0.15) is 0 Å². The van der Waals surface area contributed by atoms with Gasteiger partial charge in [-0.3, -0.25) is 0 Å². The molecule has 4 radical (unpaired) electrons. The third-order valence-electron chi connectivity index (χ3n) is 5.55. The van der Waals surface area contributed by atoms with E-state index < -0.39 is 0 Å². The molecule has 0 atom stereocenters. The van der Waals surface area contributed by atoms with Crippen LogP contribution in [0.15, 0.2) is 109 Å². The summed E-state index contributed by atoms with van der Waals surface area (Å²) in [7, 11) is 1.67. The van der Waals surface area contributed by atoms with Crippen molar-refractivity contribution in [1.29, 1.82) is 0 Å². The van der Waals surface area contributed by atoms with Gasteiger partial charge in [-0.25, -0.2) is 0 Å². The van der Waals surface area contributed by atoms with Crippen LogP contribution in [0.3, 0.4) is 0 Å². The fourth-order valence-electron chi connectivity index (χ4n) is 4.15. The second-order valence-electron chi connectivity index (χ2n) is 7.55. The Balaban J connectivity index is 1.45. The average molecular weight is 418 g/mol. The Morgan fingerprint density at radius 1 is 0.533 bits per heavy atom. The lowest BCUT2D eigenvalue weighted by atomic mass is 10.2. The molecule has 0 spiro atoms.